The third-order valence-corrected chi connectivity index (χ3v) is 1.77. The molecule has 1 atom stereocenters. The van der Waals surface area contributed by atoms with E-state index in [0.29, 0.717) is 6.42 Å². The van der Waals surface area contributed by atoms with E-state index in [-0.39, 0.29) is 18.9 Å². The van der Waals surface area contributed by atoms with Crippen LogP contribution in [-0.4, -0.2) is 29.7 Å². The maximum atomic E-state index is 11.1. The quantitative estimate of drug-likeness (QED) is 0.481. The predicted octanol–water partition coefficient (Wildman–Crippen LogP) is 0.378. The summed E-state index contributed by atoms with van der Waals surface area (Å²) in [5, 5.41) is 8.31. The van der Waals surface area contributed by atoms with Gasteiger partial charge in [0.15, 0.2) is 0 Å². The highest BCUT2D eigenvalue weighted by Crippen LogP contribution is 2.01. The summed E-state index contributed by atoms with van der Waals surface area (Å²) in [6.07, 6.45) is 0.329. The van der Waals surface area contributed by atoms with Gasteiger partial charge in [-0.05, 0) is 12.3 Å². The molecule has 0 aromatic rings. The number of hydrogen-bond donors (Lipinski definition) is 2. The number of carbonyl (C=O) groups excluding carboxylic acids is 1. The van der Waals surface area contributed by atoms with E-state index in [2.05, 4.69) is 0 Å². The lowest BCUT2D eigenvalue weighted by atomic mass is 10.1. The fraction of sp³-hybridized carbons (Fsp3) is 0.778. The summed E-state index contributed by atoms with van der Waals surface area (Å²) in [6, 6.07) is -0.625. The molecule has 82 valence electrons. The fourth-order valence-electron chi connectivity index (χ4n) is 0.765. The molecule has 5 nitrogen and oxygen atoms in total. The predicted molar refractivity (Wildman–Crippen MR) is 50.6 cm³/mol. The van der Waals surface area contributed by atoms with Crippen LogP contribution in [0.4, 0.5) is 0 Å². The van der Waals surface area contributed by atoms with E-state index in [1.54, 1.807) is 0 Å². The van der Waals surface area contributed by atoms with Crippen LogP contribution >= 0.6 is 0 Å². The number of carboxylic acid groups (broad SMARTS) is 1. The monoisotopic (exact) mass is 203 g/mol. The van der Waals surface area contributed by atoms with Gasteiger partial charge in [-0.1, -0.05) is 13.8 Å². The lowest BCUT2D eigenvalue weighted by molar-refractivity contribution is -0.147. The molecule has 0 amide bonds. The van der Waals surface area contributed by atoms with Crippen LogP contribution in [0, 0.1) is 5.92 Å². The topological polar surface area (TPSA) is 89.6 Å². The number of esters is 1. The van der Waals surface area contributed by atoms with E-state index in [0.717, 1.165) is 0 Å². The average molecular weight is 203 g/mol. The van der Waals surface area contributed by atoms with E-state index in [4.69, 9.17) is 15.6 Å². The first-order chi connectivity index (χ1) is 6.45. The van der Waals surface area contributed by atoms with E-state index >= 15 is 0 Å². The minimum Gasteiger partial charge on any atom is -0.481 e. The Labute approximate surface area is 83.2 Å². The molecule has 0 aromatic carbocycles. The van der Waals surface area contributed by atoms with Crippen LogP contribution in [0.25, 0.3) is 0 Å². The van der Waals surface area contributed by atoms with Crippen LogP contribution in [0.1, 0.15) is 26.7 Å². The van der Waals surface area contributed by atoms with Gasteiger partial charge in [0.05, 0.1) is 6.61 Å². The molecule has 0 fully saturated rings. The maximum Gasteiger partial charge on any atom is 0.323 e. The zero-order valence-electron chi connectivity index (χ0n) is 8.53. The van der Waals surface area contributed by atoms with Gasteiger partial charge in [0.2, 0.25) is 0 Å². The molecule has 0 aliphatic rings. The molecule has 0 heterocycles. The highest BCUT2D eigenvalue weighted by atomic mass is 16.5. The molecule has 0 aliphatic carbocycles. The molecular formula is C9H17NO4. The Kier molecular flexibility index (Phi) is 5.87. The van der Waals surface area contributed by atoms with Crippen molar-refractivity contribution < 1.29 is 19.4 Å². The van der Waals surface area contributed by atoms with Crippen molar-refractivity contribution in [3.05, 3.63) is 0 Å². The van der Waals surface area contributed by atoms with Crippen molar-refractivity contribution in [3.63, 3.8) is 0 Å². The Hall–Kier alpha value is -1.10. The van der Waals surface area contributed by atoms with Crippen LogP contribution in [-0.2, 0) is 14.3 Å². The second-order valence-corrected chi connectivity index (χ2v) is 3.43. The summed E-state index contributed by atoms with van der Waals surface area (Å²) in [7, 11) is 0. The summed E-state index contributed by atoms with van der Waals surface area (Å²) in [4.78, 5) is 21.3. The number of hydrogen-bond acceptors (Lipinski definition) is 4. The standard InChI is InChI=1S/C9H17NO4/c1-6(2)8(10)9(13)14-5-3-4-7(11)12/h6,8H,3-5,10H2,1-2H3,(H,11,12). The third kappa shape index (κ3) is 5.53. The van der Waals surface area contributed by atoms with E-state index in [1.165, 1.54) is 0 Å². The Balaban J connectivity index is 3.59. The normalized spacial score (nSPS) is 12.6. The zero-order valence-corrected chi connectivity index (χ0v) is 8.53. The van der Waals surface area contributed by atoms with Crippen LogP contribution in [0.5, 0.6) is 0 Å². The van der Waals surface area contributed by atoms with E-state index in [1.807, 2.05) is 13.8 Å². The van der Waals surface area contributed by atoms with Crippen molar-refractivity contribution >= 4 is 11.9 Å². The van der Waals surface area contributed by atoms with Crippen molar-refractivity contribution in [2.45, 2.75) is 32.7 Å². The maximum absolute atomic E-state index is 11.1. The number of rotatable bonds is 6. The molecule has 0 saturated heterocycles. The van der Waals surface area contributed by atoms with Gasteiger partial charge in [-0.15, -0.1) is 0 Å². The Morgan fingerprint density at radius 1 is 1.43 bits per heavy atom. The lowest BCUT2D eigenvalue weighted by Crippen LogP contribution is -2.37. The molecule has 0 spiro atoms. The summed E-state index contributed by atoms with van der Waals surface area (Å²) in [6.45, 7) is 3.76. The fourth-order valence-corrected chi connectivity index (χ4v) is 0.765. The molecule has 0 radical (unpaired) electrons. The largest absolute Gasteiger partial charge is 0.481 e. The summed E-state index contributed by atoms with van der Waals surface area (Å²) in [5.41, 5.74) is 5.51. The summed E-state index contributed by atoms with van der Waals surface area (Å²) >= 11 is 0. The minimum atomic E-state index is -0.894. The Bertz CT molecular complexity index is 203. The molecule has 0 aromatic heterocycles. The van der Waals surface area contributed by atoms with Gasteiger partial charge in [-0.25, -0.2) is 0 Å². The first kappa shape index (κ1) is 12.9. The van der Waals surface area contributed by atoms with Crippen LogP contribution in [0.3, 0.4) is 0 Å². The molecule has 0 aliphatic heterocycles. The van der Waals surface area contributed by atoms with Gasteiger partial charge in [0.1, 0.15) is 6.04 Å². The van der Waals surface area contributed by atoms with Gasteiger partial charge >= 0.3 is 11.9 Å². The second kappa shape index (κ2) is 6.37. The SMILES string of the molecule is CC(C)C(N)C(=O)OCCCC(=O)O. The van der Waals surface area contributed by atoms with Gasteiger partial charge < -0.3 is 15.6 Å². The zero-order chi connectivity index (χ0) is 11.1. The van der Waals surface area contributed by atoms with Crippen LogP contribution in [0.2, 0.25) is 0 Å². The van der Waals surface area contributed by atoms with Crippen molar-refractivity contribution in [1.82, 2.24) is 0 Å². The first-order valence-corrected chi connectivity index (χ1v) is 4.59. The number of aliphatic carboxylic acids is 1. The molecule has 3 N–H and O–H groups in total. The average Bonchev–Trinajstić information content (AvgIpc) is 2.10. The minimum absolute atomic E-state index is 0.00416. The third-order valence-electron chi connectivity index (χ3n) is 1.77. The van der Waals surface area contributed by atoms with Crippen LogP contribution < -0.4 is 5.73 Å². The molecule has 0 bridgehead atoms. The van der Waals surface area contributed by atoms with Crippen molar-refractivity contribution in [1.29, 1.82) is 0 Å². The van der Waals surface area contributed by atoms with Gasteiger partial charge in [0.25, 0.3) is 0 Å². The number of nitrogens with two attached hydrogens (primary N) is 1. The number of carbonyl (C=O) groups is 2. The summed E-state index contributed by atoms with van der Waals surface area (Å²) in [5.74, 6) is -1.33. The molecule has 5 heteroatoms. The first-order valence-electron chi connectivity index (χ1n) is 4.59. The van der Waals surface area contributed by atoms with Gasteiger partial charge in [-0.3, -0.25) is 9.59 Å². The number of carboxylic acids is 1. The molecule has 0 saturated carbocycles. The van der Waals surface area contributed by atoms with Crippen molar-refractivity contribution in [2.24, 2.45) is 11.7 Å². The summed E-state index contributed by atoms with van der Waals surface area (Å²) < 4.78 is 4.79. The van der Waals surface area contributed by atoms with Crippen molar-refractivity contribution in [3.8, 4) is 0 Å². The van der Waals surface area contributed by atoms with E-state index < -0.39 is 18.0 Å². The van der Waals surface area contributed by atoms with Crippen LogP contribution in [0.15, 0.2) is 0 Å². The molecule has 14 heavy (non-hydrogen) atoms. The van der Waals surface area contributed by atoms with Crippen molar-refractivity contribution in [2.75, 3.05) is 6.61 Å². The lowest BCUT2D eigenvalue weighted by Gasteiger charge is -2.13. The van der Waals surface area contributed by atoms with Gasteiger partial charge in [0, 0.05) is 6.42 Å². The molecule has 1 unspecified atom stereocenters. The Morgan fingerprint density at radius 3 is 2.43 bits per heavy atom. The van der Waals surface area contributed by atoms with E-state index in [9.17, 15) is 9.59 Å². The highest BCUT2D eigenvalue weighted by Gasteiger charge is 2.18. The second-order valence-electron chi connectivity index (χ2n) is 3.43. The highest BCUT2D eigenvalue weighted by molar-refractivity contribution is 5.75. The smallest absolute Gasteiger partial charge is 0.323 e. The number of ether oxygens (including phenoxy) is 1. The molecular weight excluding hydrogens is 186 g/mol. The van der Waals surface area contributed by atoms with Gasteiger partial charge in [-0.2, -0.15) is 0 Å². The molecule has 0 rings (SSSR count). The Morgan fingerprint density at radius 2 is 2.00 bits per heavy atom.